The van der Waals surface area contributed by atoms with E-state index in [-0.39, 0.29) is 0 Å². The summed E-state index contributed by atoms with van der Waals surface area (Å²) in [6, 6.07) is 0. The molecule has 0 aromatic heterocycles. The number of rotatable bonds is 21. The third-order valence-corrected chi connectivity index (χ3v) is 5.67. The van der Waals surface area contributed by atoms with Gasteiger partial charge in [-0.05, 0) is 26.2 Å². The predicted molar refractivity (Wildman–Crippen MR) is 116 cm³/mol. The van der Waals surface area contributed by atoms with Crippen LogP contribution in [-0.2, 0) is 4.79 Å². The maximum Gasteiger partial charge on any atom is 0.303 e. The number of aliphatic hydroxyl groups is 1. The van der Waals surface area contributed by atoms with Crippen molar-refractivity contribution in [3.63, 3.8) is 0 Å². The van der Waals surface area contributed by atoms with Crippen molar-refractivity contribution in [3.8, 4) is 0 Å². The van der Waals surface area contributed by atoms with Crippen LogP contribution in [0.1, 0.15) is 142 Å². The summed E-state index contributed by atoms with van der Waals surface area (Å²) in [5.74, 6) is -0.676. The zero-order chi connectivity index (χ0) is 20.2. The minimum Gasteiger partial charge on any atom is -0.481 e. The van der Waals surface area contributed by atoms with Crippen molar-refractivity contribution < 1.29 is 15.0 Å². The molecule has 0 aliphatic heterocycles. The topological polar surface area (TPSA) is 57.5 Å². The zero-order valence-corrected chi connectivity index (χ0v) is 18.4. The van der Waals surface area contributed by atoms with Crippen LogP contribution < -0.4 is 0 Å². The summed E-state index contributed by atoms with van der Waals surface area (Å²) in [5, 5.41) is 19.1. The summed E-state index contributed by atoms with van der Waals surface area (Å²) in [6.45, 7) is 4.28. The van der Waals surface area contributed by atoms with E-state index < -0.39 is 11.6 Å². The largest absolute Gasteiger partial charge is 0.481 e. The molecule has 0 aliphatic carbocycles. The number of hydrogen-bond acceptors (Lipinski definition) is 2. The van der Waals surface area contributed by atoms with Crippen LogP contribution in [0, 0.1) is 0 Å². The Bertz CT molecular complexity index is 326. The summed E-state index contributed by atoms with van der Waals surface area (Å²) in [7, 11) is 0. The average Bonchev–Trinajstić information content (AvgIpc) is 2.61. The zero-order valence-electron chi connectivity index (χ0n) is 18.4. The fourth-order valence-corrected chi connectivity index (χ4v) is 3.78. The first-order valence-corrected chi connectivity index (χ1v) is 11.9. The van der Waals surface area contributed by atoms with Crippen molar-refractivity contribution in [2.75, 3.05) is 0 Å². The highest BCUT2D eigenvalue weighted by atomic mass is 16.4. The number of hydrogen-bond donors (Lipinski definition) is 2. The molecule has 0 heterocycles. The van der Waals surface area contributed by atoms with E-state index in [0.29, 0.717) is 6.42 Å². The van der Waals surface area contributed by atoms with Gasteiger partial charge < -0.3 is 10.2 Å². The molecular formula is C24H48O3. The first-order chi connectivity index (χ1) is 13.0. The van der Waals surface area contributed by atoms with E-state index in [1.165, 1.54) is 77.0 Å². The molecule has 0 aromatic carbocycles. The van der Waals surface area contributed by atoms with E-state index in [1.807, 2.05) is 6.92 Å². The van der Waals surface area contributed by atoms with E-state index >= 15 is 0 Å². The molecular weight excluding hydrogens is 336 g/mol. The first kappa shape index (κ1) is 26.4. The van der Waals surface area contributed by atoms with Gasteiger partial charge in [0.2, 0.25) is 0 Å². The molecule has 27 heavy (non-hydrogen) atoms. The molecule has 0 aromatic rings. The van der Waals surface area contributed by atoms with Crippen molar-refractivity contribution in [1.82, 2.24) is 0 Å². The fourth-order valence-electron chi connectivity index (χ4n) is 3.78. The van der Waals surface area contributed by atoms with Gasteiger partial charge in [0.25, 0.3) is 0 Å². The Hall–Kier alpha value is -0.570. The second-order valence-electron chi connectivity index (χ2n) is 8.80. The van der Waals surface area contributed by atoms with E-state index in [2.05, 4.69) is 6.92 Å². The molecule has 1 unspecified atom stereocenters. The number of carboxylic acids is 1. The van der Waals surface area contributed by atoms with Crippen molar-refractivity contribution in [2.24, 2.45) is 0 Å². The summed E-state index contributed by atoms with van der Waals surface area (Å²) in [4.78, 5) is 10.4. The third kappa shape index (κ3) is 21.6. The third-order valence-electron chi connectivity index (χ3n) is 5.67. The van der Waals surface area contributed by atoms with Crippen LogP contribution in [0.4, 0.5) is 0 Å². The molecule has 0 aliphatic rings. The van der Waals surface area contributed by atoms with E-state index in [4.69, 9.17) is 5.11 Å². The van der Waals surface area contributed by atoms with Gasteiger partial charge >= 0.3 is 5.97 Å². The van der Waals surface area contributed by atoms with Gasteiger partial charge in [0.15, 0.2) is 0 Å². The van der Waals surface area contributed by atoms with Crippen LogP contribution in [-0.4, -0.2) is 21.8 Å². The smallest absolute Gasteiger partial charge is 0.303 e. The molecule has 0 saturated carbocycles. The molecule has 2 N–H and O–H groups in total. The van der Waals surface area contributed by atoms with Crippen LogP contribution in [0.2, 0.25) is 0 Å². The maximum atomic E-state index is 10.5. The van der Waals surface area contributed by atoms with E-state index in [0.717, 1.165) is 44.9 Å². The highest BCUT2D eigenvalue weighted by Crippen LogP contribution is 2.23. The molecule has 0 fully saturated rings. The van der Waals surface area contributed by atoms with Crippen molar-refractivity contribution in [2.45, 2.75) is 148 Å². The molecule has 1 atom stereocenters. The van der Waals surface area contributed by atoms with Crippen LogP contribution in [0.15, 0.2) is 0 Å². The summed E-state index contributed by atoms with van der Waals surface area (Å²) >= 11 is 0. The molecule has 0 radical (unpaired) electrons. The lowest BCUT2D eigenvalue weighted by Crippen LogP contribution is -2.23. The molecule has 0 spiro atoms. The standard InChI is InChI=1S/C24H48O3/c1-3-4-5-6-7-9-12-15-18-21-24(2,27)22-19-16-13-10-8-11-14-17-20-23(25)26/h27H,3-22H2,1-2H3,(H,25,26). The predicted octanol–water partition coefficient (Wildman–Crippen LogP) is 7.64. The van der Waals surface area contributed by atoms with Gasteiger partial charge in [-0.3, -0.25) is 4.79 Å². The highest BCUT2D eigenvalue weighted by Gasteiger charge is 2.18. The van der Waals surface area contributed by atoms with Gasteiger partial charge in [-0.1, -0.05) is 110 Å². The SMILES string of the molecule is CCCCCCCCCCCC(C)(O)CCCCCCCCCCC(=O)O. The fraction of sp³-hybridized carbons (Fsp3) is 0.958. The first-order valence-electron chi connectivity index (χ1n) is 11.9. The molecule has 3 heteroatoms. The average molecular weight is 385 g/mol. The van der Waals surface area contributed by atoms with Crippen LogP contribution in [0.5, 0.6) is 0 Å². The van der Waals surface area contributed by atoms with Crippen LogP contribution in [0.25, 0.3) is 0 Å². The molecule has 0 amide bonds. The Morgan fingerprint density at radius 2 is 0.963 bits per heavy atom. The Labute approximate surface area is 169 Å². The second kappa shape index (κ2) is 18.8. The van der Waals surface area contributed by atoms with Crippen molar-refractivity contribution >= 4 is 5.97 Å². The number of carboxylic acid groups (broad SMARTS) is 1. The molecule has 0 bridgehead atoms. The van der Waals surface area contributed by atoms with Crippen molar-refractivity contribution in [3.05, 3.63) is 0 Å². The Balaban J connectivity index is 3.34. The summed E-state index contributed by atoms with van der Waals surface area (Å²) < 4.78 is 0. The minimum atomic E-state index is -0.676. The van der Waals surface area contributed by atoms with Gasteiger partial charge in [0, 0.05) is 6.42 Å². The van der Waals surface area contributed by atoms with Gasteiger partial charge in [-0.15, -0.1) is 0 Å². The lowest BCUT2D eigenvalue weighted by Gasteiger charge is -2.23. The lowest BCUT2D eigenvalue weighted by atomic mass is 9.91. The summed E-state index contributed by atoms with van der Waals surface area (Å²) in [6.07, 6.45) is 23.3. The van der Waals surface area contributed by atoms with Gasteiger partial charge in [-0.2, -0.15) is 0 Å². The number of aliphatic carboxylic acids is 1. The van der Waals surface area contributed by atoms with Crippen molar-refractivity contribution in [1.29, 1.82) is 0 Å². The maximum absolute atomic E-state index is 10.5. The van der Waals surface area contributed by atoms with Gasteiger partial charge in [0.05, 0.1) is 5.60 Å². The second-order valence-corrected chi connectivity index (χ2v) is 8.80. The molecule has 3 nitrogen and oxygen atoms in total. The van der Waals surface area contributed by atoms with Gasteiger partial charge in [0.1, 0.15) is 0 Å². The van der Waals surface area contributed by atoms with Gasteiger partial charge in [-0.25, -0.2) is 0 Å². The lowest BCUT2D eigenvalue weighted by molar-refractivity contribution is -0.137. The Morgan fingerprint density at radius 1 is 0.630 bits per heavy atom. The monoisotopic (exact) mass is 384 g/mol. The number of carbonyl (C=O) groups is 1. The van der Waals surface area contributed by atoms with E-state index in [9.17, 15) is 9.90 Å². The molecule has 0 rings (SSSR count). The normalized spacial score (nSPS) is 13.6. The minimum absolute atomic E-state index is 0.314. The van der Waals surface area contributed by atoms with Crippen LogP contribution in [0.3, 0.4) is 0 Å². The Kier molecular flexibility index (Phi) is 18.4. The van der Waals surface area contributed by atoms with E-state index in [1.54, 1.807) is 0 Å². The number of unbranched alkanes of at least 4 members (excludes halogenated alkanes) is 15. The molecule has 0 saturated heterocycles. The summed E-state index contributed by atoms with van der Waals surface area (Å²) in [5.41, 5.74) is -0.474. The Morgan fingerprint density at radius 3 is 1.33 bits per heavy atom. The highest BCUT2D eigenvalue weighted by molar-refractivity contribution is 5.66. The quantitative estimate of drug-likeness (QED) is 0.200. The van der Waals surface area contributed by atoms with Crippen LogP contribution >= 0.6 is 0 Å². The molecule has 162 valence electrons.